The Labute approximate surface area is 217 Å². The van der Waals surface area contributed by atoms with Crippen LogP contribution in [0.1, 0.15) is 79.8 Å². The van der Waals surface area contributed by atoms with E-state index in [1.54, 1.807) is 0 Å². The third kappa shape index (κ3) is 5.31. The van der Waals surface area contributed by atoms with Crippen LogP contribution < -0.4 is 9.47 Å². The molecular formula is C32H44O4. The van der Waals surface area contributed by atoms with Crippen molar-refractivity contribution in [3.63, 3.8) is 0 Å². The molecule has 0 N–H and O–H groups in total. The summed E-state index contributed by atoms with van der Waals surface area (Å²) in [7, 11) is 0. The van der Waals surface area contributed by atoms with E-state index >= 15 is 0 Å². The Kier molecular flexibility index (Phi) is 6.89. The molecule has 3 aliphatic rings. The van der Waals surface area contributed by atoms with Crippen molar-refractivity contribution < 1.29 is 18.9 Å². The molecule has 2 saturated heterocycles. The van der Waals surface area contributed by atoms with E-state index in [2.05, 4.69) is 72.7 Å². The van der Waals surface area contributed by atoms with Crippen LogP contribution in [0.25, 0.3) is 0 Å². The summed E-state index contributed by atoms with van der Waals surface area (Å²) in [6.45, 7) is 18.9. The first-order valence-corrected chi connectivity index (χ1v) is 13.8. The fourth-order valence-corrected chi connectivity index (χ4v) is 6.31. The zero-order chi connectivity index (χ0) is 25.7. The molecule has 0 aromatic heterocycles. The van der Waals surface area contributed by atoms with E-state index < -0.39 is 0 Å². The van der Waals surface area contributed by atoms with Crippen molar-refractivity contribution >= 4 is 0 Å². The van der Waals surface area contributed by atoms with E-state index in [1.807, 2.05) is 0 Å². The topological polar surface area (TPSA) is 43.5 Å². The maximum atomic E-state index is 6.19. The van der Waals surface area contributed by atoms with Crippen molar-refractivity contribution in [2.45, 2.75) is 91.8 Å². The van der Waals surface area contributed by atoms with Gasteiger partial charge >= 0.3 is 0 Å². The van der Waals surface area contributed by atoms with Gasteiger partial charge in [0, 0.05) is 5.41 Å². The SMILES string of the molecule is Cc1cc(C2(c3cc(C)c(OCC4CO4)c(C)c3)CCC(C(C)(C)C)CC2)cc(C)c1OCC1CO1. The first-order valence-electron chi connectivity index (χ1n) is 13.8. The normalized spacial score (nSPS) is 27.6. The van der Waals surface area contributed by atoms with Gasteiger partial charge < -0.3 is 18.9 Å². The molecule has 36 heavy (non-hydrogen) atoms. The molecule has 2 aromatic carbocycles. The van der Waals surface area contributed by atoms with Crippen LogP contribution in [0.5, 0.6) is 11.5 Å². The van der Waals surface area contributed by atoms with E-state index in [4.69, 9.17) is 18.9 Å². The first-order chi connectivity index (χ1) is 17.1. The van der Waals surface area contributed by atoms with Crippen LogP contribution in [-0.2, 0) is 14.9 Å². The lowest BCUT2D eigenvalue weighted by Gasteiger charge is -2.45. The summed E-state index contributed by atoms with van der Waals surface area (Å²) in [5, 5.41) is 0. The number of aryl methyl sites for hydroxylation is 4. The summed E-state index contributed by atoms with van der Waals surface area (Å²) in [6.07, 6.45) is 5.35. The molecule has 1 saturated carbocycles. The Bertz CT molecular complexity index is 976. The lowest BCUT2D eigenvalue weighted by atomic mass is 9.59. The number of benzene rings is 2. The van der Waals surface area contributed by atoms with Crippen molar-refractivity contribution in [1.82, 2.24) is 0 Å². The smallest absolute Gasteiger partial charge is 0.125 e. The molecule has 2 aromatic rings. The highest BCUT2D eigenvalue weighted by atomic mass is 16.6. The van der Waals surface area contributed by atoms with Crippen molar-refractivity contribution in [2.75, 3.05) is 26.4 Å². The summed E-state index contributed by atoms with van der Waals surface area (Å²) >= 11 is 0. The zero-order valence-electron chi connectivity index (χ0n) is 23.3. The predicted octanol–water partition coefficient (Wildman–Crippen LogP) is 7.00. The van der Waals surface area contributed by atoms with Crippen molar-refractivity contribution in [1.29, 1.82) is 0 Å². The summed E-state index contributed by atoms with van der Waals surface area (Å²) in [5.41, 5.74) is 8.10. The molecule has 2 aliphatic heterocycles. The predicted molar refractivity (Wildman–Crippen MR) is 144 cm³/mol. The minimum Gasteiger partial charge on any atom is -0.490 e. The Hall–Kier alpha value is -2.04. The molecular weight excluding hydrogens is 448 g/mol. The van der Waals surface area contributed by atoms with E-state index in [9.17, 15) is 0 Å². The molecule has 0 bridgehead atoms. The van der Waals surface area contributed by atoms with Gasteiger partial charge in [0.05, 0.1) is 13.2 Å². The van der Waals surface area contributed by atoms with Crippen LogP contribution >= 0.6 is 0 Å². The number of hydrogen-bond acceptors (Lipinski definition) is 4. The number of hydrogen-bond donors (Lipinski definition) is 0. The van der Waals surface area contributed by atoms with Crippen molar-refractivity contribution in [2.24, 2.45) is 11.3 Å². The number of epoxide rings is 2. The molecule has 4 nitrogen and oxygen atoms in total. The highest BCUT2D eigenvalue weighted by Crippen LogP contribution is 2.52. The Morgan fingerprint density at radius 1 is 0.722 bits per heavy atom. The van der Waals surface area contributed by atoms with Gasteiger partial charge in [-0.1, -0.05) is 45.0 Å². The zero-order valence-corrected chi connectivity index (χ0v) is 23.3. The van der Waals surface area contributed by atoms with Gasteiger partial charge in [0.2, 0.25) is 0 Å². The monoisotopic (exact) mass is 492 g/mol. The molecule has 5 rings (SSSR count). The first kappa shape index (κ1) is 25.6. The fraction of sp³-hybridized carbons (Fsp3) is 0.625. The lowest BCUT2D eigenvalue weighted by molar-refractivity contribution is 0.146. The minimum atomic E-state index is 0.00303. The van der Waals surface area contributed by atoms with E-state index in [-0.39, 0.29) is 17.6 Å². The quantitative estimate of drug-likeness (QED) is 0.372. The highest BCUT2D eigenvalue weighted by molar-refractivity contribution is 5.53. The molecule has 2 heterocycles. The molecule has 2 unspecified atom stereocenters. The second-order valence-electron chi connectivity index (χ2n) is 12.6. The average Bonchev–Trinajstić information content (AvgIpc) is 3.72. The third-order valence-electron chi connectivity index (χ3n) is 8.72. The molecule has 0 spiro atoms. The van der Waals surface area contributed by atoms with Crippen LogP contribution in [-0.4, -0.2) is 38.6 Å². The van der Waals surface area contributed by atoms with Gasteiger partial charge in [0.1, 0.15) is 36.9 Å². The van der Waals surface area contributed by atoms with Gasteiger partial charge in [-0.05, 0) is 98.1 Å². The highest BCUT2D eigenvalue weighted by Gasteiger charge is 2.42. The van der Waals surface area contributed by atoms with Gasteiger partial charge in [-0.25, -0.2) is 0 Å². The number of rotatable bonds is 8. The van der Waals surface area contributed by atoms with Gasteiger partial charge in [0.15, 0.2) is 0 Å². The summed E-state index contributed by atoms with van der Waals surface area (Å²) in [5.74, 6) is 2.79. The molecule has 1 aliphatic carbocycles. The van der Waals surface area contributed by atoms with E-state index in [1.165, 1.54) is 59.1 Å². The van der Waals surface area contributed by atoms with Gasteiger partial charge in [-0.15, -0.1) is 0 Å². The molecule has 2 atom stereocenters. The standard InChI is InChI=1S/C32H44O4/c1-20-12-25(13-21(2)29(20)35-18-27-16-33-27)32(10-8-24(9-11-32)31(5,6)7)26-14-22(3)30(23(4)15-26)36-19-28-17-34-28/h12-15,24,27-28H,8-11,16-19H2,1-7H3. The molecule has 0 radical (unpaired) electrons. The second kappa shape index (κ2) is 9.68. The lowest BCUT2D eigenvalue weighted by Crippen LogP contribution is -2.37. The number of ether oxygens (including phenoxy) is 4. The third-order valence-corrected chi connectivity index (χ3v) is 8.72. The fourth-order valence-electron chi connectivity index (χ4n) is 6.31. The van der Waals surface area contributed by atoms with E-state index in [0.717, 1.165) is 30.6 Å². The summed E-state index contributed by atoms with van der Waals surface area (Å²) < 4.78 is 23.1. The molecule has 0 amide bonds. The molecule has 196 valence electrons. The Morgan fingerprint density at radius 2 is 1.08 bits per heavy atom. The van der Waals surface area contributed by atoms with Gasteiger partial charge in [-0.2, -0.15) is 0 Å². The Morgan fingerprint density at radius 3 is 1.39 bits per heavy atom. The van der Waals surface area contributed by atoms with Crippen molar-refractivity contribution in [3.8, 4) is 11.5 Å². The summed E-state index contributed by atoms with van der Waals surface area (Å²) in [4.78, 5) is 0. The van der Waals surface area contributed by atoms with Crippen LogP contribution in [0.2, 0.25) is 0 Å². The molecule has 3 fully saturated rings. The maximum Gasteiger partial charge on any atom is 0.125 e. The van der Waals surface area contributed by atoms with Gasteiger partial charge in [-0.3, -0.25) is 0 Å². The minimum absolute atomic E-state index is 0.00303. The molecule has 4 heteroatoms. The van der Waals surface area contributed by atoms with Crippen LogP contribution in [0.15, 0.2) is 24.3 Å². The second-order valence-corrected chi connectivity index (χ2v) is 12.6. The van der Waals surface area contributed by atoms with Crippen molar-refractivity contribution in [3.05, 3.63) is 57.6 Å². The average molecular weight is 493 g/mol. The largest absolute Gasteiger partial charge is 0.490 e. The van der Waals surface area contributed by atoms with E-state index in [0.29, 0.717) is 18.6 Å². The van der Waals surface area contributed by atoms with Crippen LogP contribution in [0.4, 0.5) is 0 Å². The maximum absolute atomic E-state index is 6.19. The van der Waals surface area contributed by atoms with Crippen LogP contribution in [0.3, 0.4) is 0 Å². The Balaban J connectivity index is 1.51. The summed E-state index contributed by atoms with van der Waals surface area (Å²) in [6, 6.07) is 9.58. The van der Waals surface area contributed by atoms with Crippen LogP contribution in [0, 0.1) is 39.0 Å². The van der Waals surface area contributed by atoms with Gasteiger partial charge in [0.25, 0.3) is 0 Å².